The Bertz CT molecular complexity index is 1250. The highest BCUT2D eigenvalue weighted by molar-refractivity contribution is 5.96. The van der Waals surface area contributed by atoms with Crippen molar-refractivity contribution in [2.45, 2.75) is 31.6 Å². The van der Waals surface area contributed by atoms with Crippen LogP contribution >= 0.6 is 0 Å². The molecule has 1 saturated carbocycles. The van der Waals surface area contributed by atoms with Crippen molar-refractivity contribution in [1.29, 1.82) is 5.41 Å². The van der Waals surface area contributed by atoms with Gasteiger partial charge < -0.3 is 15.0 Å². The molecule has 172 valence electrons. The van der Waals surface area contributed by atoms with Crippen LogP contribution in [0.25, 0.3) is 11.0 Å². The fourth-order valence-corrected chi connectivity index (χ4v) is 4.42. The standard InChI is InChI=1S/C25H30N5O3/c1-5-33-24(32)30(3,4)23(31)25(13-14-25)18-7-6-8-19-21(18)28-20(29(19)2)15-16-9-11-17(12-10-16)22(26)27/h6-12H,5,13-15H2,1-4H3,(H3,26,27)/q+1. The SMILES string of the molecule is CCOC(=O)[N+](C)(C)C(=O)C1(c2cccc3c2nc(Cc2ccc(C(=N)N)cc2)n3C)CC1. The van der Waals surface area contributed by atoms with Gasteiger partial charge in [0.15, 0.2) is 0 Å². The number of nitrogens with one attached hydrogen (secondary N) is 1. The smallest absolute Gasteiger partial charge is 0.420 e. The number of para-hydroxylation sites is 1. The summed E-state index contributed by atoms with van der Waals surface area (Å²) >= 11 is 0. The van der Waals surface area contributed by atoms with E-state index in [9.17, 15) is 9.59 Å². The van der Waals surface area contributed by atoms with E-state index >= 15 is 0 Å². The predicted octanol–water partition coefficient (Wildman–Crippen LogP) is 3.24. The second-order valence-electron chi connectivity index (χ2n) is 9.09. The van der Waals surface area contributed by atoms with Gasteiger partial charge in [0.1, 0.15) is 17.1 Å². The molecular weight excluding hydrogens is 418 g/mol. The average Bonchev–Trinajstić information content (AvgIpc) is 3.53. The molecule has 1 aromatic heterocycles. The van der Waals surface area contributed by atoms with Crippen LogP contribution < -0.4 is 5.73 Å². The third-order valence-electron chi connectivity index (χ3n) is 6.54. The molecule has 3 aromatic rings. The highest BCUT2D eigenvalue weighted by Crippen LogP contribution is 2.52. The monoisotopic (exact) mass is 448 g/mol. The zero-order valence-corrected chi connectivity index (χ0v) is 19.5. The van der Waals surface area contributed by atoms with E-state index in [0.717, 1.165) is 28.0 Å². The fourth-order valence-electron chi connectivity index (χ4n) is 4.42. The molecule has 1 fully saturated rings. The number of benzene rings is 2. The number of aromatic nitrogens is 2. The van der Waals surface area contributed by atoms with Crippen LogP contribution in [0.1, 0.15) is 42.3 Å². The maximum atomic E-state index is 13.6. The van der Waals surface area contributed by atoms with E-state index in [1.54, 1.807) is 21.0 Å². The summed E-state index contributed by atoms with van der Waals surface area (Å²) < 4.78 is 6.75. The van der Waals surface area contributed by atoms with Crippen molar-refractivity contribution in [1.82, 2.24) is 9.55 Å². The lowest BCUT2D eigenvalue weighted by atomic mass is 9.92. The molecule has 1 heterocycles. The van der Waals surface area contributed by atoms with Crippen LogP contribution in [0.5, 0.6) is 0 Å². The third kappa shape index (κ3) is 3.80. The molecule has 0 unspecified atom stereocenters. The van der Waals surface area contributed by atoms with Gasteiger partial charge in [0.2, 0.25) is 0 Å². The molecule has 0 radical (unpaired) electrons. The van der Waals surface area contributed by atoms with Crippen molar-refractivity contribution < 1.29 is 18.8 Å². The predicted molar refractivity (Wildman–Crippen MR) is 126 cm³/mol. The lowest BCUT2D eigenvalue weighted by molar-refractivity contribution is -0.740. The van der Waals surface area contributed by atoms with Gasteiger partial charge in [-0.3, -0.25) is 5.41 Å². The minimum Gasteiger partial charge on any atom is -0.420 e. The van der Waals surface area contributed by atoms with Gasteiger partial charge >= 0.3 is 12.0 Å². The molecule has 0 bridgehead atoms. The number of likely N-dealkylation sites (N-methyl/N-ethyl adjacent to an activating group) is 1. The van der Waals surface area contributed by atoms with Gasteiger partial charge in [0.05, 0.1) is 31.7 Å². The molecular formula is C25H30N5O3+. The topological polar surface area (TPSA) is 111 Å². The summed E-state index contributed by atoms with van der Waals surface area (Å²) in [6.07, 6.45) is 1.43. The van der Waals surface area contributed by atoms with E-state index in [-0.39, 0.29) is 18.3 Å². The Labute approximate surface area is 193 Å². The molecule has 1 aliphatic rings. The molecule has 1 aliphatic carbocycles. The van der Waals surface area contributed by atoms with E-state index < -0.39 is 16.0 Å². The third-order valence-corrected chi connectivity index (χ3v) is 6.54. The Morgan fingerprint density at radius 1 is 1.18 bits per heavy atom. The lowest BCUT2D eigenvalue weighted by Crippen LogP contribution is -2.55. The maximum absolute atomic E-state index is 13.6. The first kappa shape index (κ1) is 22.7. The number of rotatable bonds is 6. The molecule has 2 amide bonds. The summed E-state index contributed by atoms with van der Waals surface area (Å²) in [4.78, 5) is 31.0. The number of hydrogen-bond donors (Lipinski definition) is 2. The quantitative estimate of drug-likeness (QED) is 0.342. The Morgan fingerprint density at radius 3 is 2.42 bits per heavy atom. The average molecular weight is 449 g/mol. The van der Waals surface area contributed by atoms with Crippen molar-refractivity contribution in [3.8, 4) is 0 Å². The molecule has 8 nitrogen and oxygen atoms in total. The van der Waals surface area contributed by atoms with Crippen LogP contribution in [0.3, 0.4) is 0 Å². The number of fused-ring (bicyclic) bond motifs is 1. The zero-order valence-electron chi connectivity index (χ0n) is 19.5. The molecule has 2 aromatic carbocycles. The number of amidine groups is 1. The number of imidazole rings is 1. The summed E-state index contributed by atoms with van der Waals surface area (Å²) in [5.74, 6) is 0.744. The van der Waals surface area contributed by atoms with E-state index in [1.165, 1.54) is 0 Å². The summed E-state index contributed by atoms with van der Waals surface area (Å²) in [5, 5.41) is 7.55. The van der Waals surface area contributed by atoms with Crippen molar-refractivity contribution in [2.75, 3.05) is 20.7 Å². The van der Waals surface area contributed by atoms with Gasteiger partial charge in [0.25, 0.3) is 0 Å². The minimum atomic E-state index is -0.732. The Kier molecular flexibility index (Phi) is 5.57. The molecule has 4 rings (SSSR count). The number of nitrogens with two attached hydrogens (primary N) is 1. The fraction of sp³-hybridized carbons (Fsp3) is 0.360. The number of nitrogen functional groups attached to an aromatic ring is 1. The van der Waals surface area contributed by atoms with Crippen LogP contribution in [-0.2, 0) is 28.4 Å². The number of nitrogens with zero attached hydrogens (tertiary/aromatic N) is 3. The van der Waals surface area contributed by atoms with E-state index in [2.05, 4.69) is 0 Å². The van der Waals surface area contributed by atoms with Gasteiger partial charge in [-0.1, -0.05) is 36.4 Å². The maximum Gasteiger partial charge on any atom is 0.523 e. The van der Waals surface area contributed by atoms with Crippen molar-refractivity contribution >= 4 is 28.9 Å². The Hall–Kier alpha value is -3.52. The van der Waals surface area contributed by atoms with Crippen LogP contribution in [0.4, 0.5) is 4.79 Å². The first-order valence-corrected chi connectivity index (χ1v) is 11.1. The number of carbonyl (C=O) groups excluding carboxylic acids is 2. The molecule has 3 N–H and O–H groups in total. The van der Waals surface area contributed by atoms with Gasteiger partial charge in [-0.25, -0.2) is 9.78 Å². The van der Waals surface area contributed by atoms with Crippen LogP contribution in [0, 0.1) is 5.41 Å². The van der Waals surface area contributed by atoms with Crippen molar-refractivity contribution in [3.05, 3.63) is 65.0 Å². The van der Waals surface area contributed by atoms with Crippen molar-refractivity contribution in [3.63, 3.8) is 0 Å². The number of imide groups is 1. The Morgan fingerprint density at radius 2 is 1.85 bits per heavy atom. The minimum absolute atomic E-state index is 0.0393. The van der Waals surface area contributed by atoms with Gasteiger partial charge in [-0.05, 0) is 37.0 Å². The summed E-state index contributed by atoms with van der Waals surface area (Å²) in [7, 11) is 5.16. The highest BCUT2D eigenvalue weighted by Gasteiger charge is 2.61. The first-order chi connectivity index (χ1) is 15.6. The highest BCUT2D eigenvalue weighted by atomic mass is 16.6. The number of ether oxygens (including phenoxy) is 1. The number of aryl methyl sites for hydroxylation is 1. The summed E-state index contributed by atoms with van der Waals surface area (Å²) in [6, 6.07) is 13.5. The normalized spacial score (nSPS) is 14.8. The second kappa shape index (κ2) is 8.12. The van der Waals surface area contributed by atoms with Gasteiger partial charge in [-0.2, -0.15) is 9.28 Å². The van der Waals surface area contributed by atoms with E-state index in [4.69, 9.17) is 20.9 Å². The van der Waals surface area contributed by atoms with Gasteiger partial charge in [-0.15, -0.1) is 0 Å². The van der Waals surface area contributed by atoms with Gasteiger partial charge in [0, 0.05) is 19.0 Å². The Balaban J connectivity index is 1.71. The first-order valence-electron chi connectivity index (χ1n) is 11.1. The number of hydrogen-bond acceptors (Lipinski definition) is 5. The molecule has 0 aliphatic heterocycles. The number of quaternary nitrogens is 1. The molecule has 33 heavy (non-hydrogen) atoms. The summed E-state index contributed by atoms with van der Waals surface area (Å²) in [5.41, 5.74) is 9.17. The summed E-state index contributed by atoms with van der Waals surface area (Å²) in [6.45, 7) is 1.96. The largest absolute Gasteiger partial charge is 0.523 e. The van der Waals surface area contributed by atoms with Crippen LogP contribution in [-0.4, -0.2) is 52.6 Å². The van der Waals surface area contributed by atoms with Crippen molar-refractivity contribution in [2.24, 2.45) is 12.8 Å². The van der Waals surface area contributed by atoms with Crippen LogP contribution in [0.15, 0.2) is 42.5 Å². The molecule has 0 spiro atoms. The molecule has 0 atom stereocenters. The van der Waals surface area contributed by atoms with E-state index in [0.29, 0.717) is 24.8 Å². The second-order valence-corrected chi connectivity index (χ2v) is 9.09. The zero-order chi connectivity index (χ0) is 24.0. The number of amides is 2. The lowest BCUT2D eigenvalue weighted by Gasteiger charge is -2.27. The van der Waals surface area contributed by atoms with E-state index in [1.807, 2.05) is 54.1 Å². The molecule has 8 heteroatoms. The number of carbonyl (C=O) groups is 2. The van der Waals surface area contributed by atoms with Crippen LogP contribution in [0.2, 0.25) is 0 Å². The molecule has 0 saturated heterocycles.